The van der Waals surface area contributed by atoms with Crippen LogP contribution >= 0.6 is 0 Å². The third-order valence-corrected chi connectivity index (χ3v) is 4.59. The van der Waals surface area contributed by atoms with Crippen LogP contribution in [-0.4, -0.2) is 23.2 Å². The van der Waals surface area contributed by atoms with Gasteiger partial charge in [0.1, 0.15) is 11.6 Å². The molecule has 4 rings (SSSR count). The summed E-state index contributed by atoms with van der Waals surface area (Å²) in [6, 6.07) is 15.2. The molecule has 0 bridgehead atoms. The van der Waals surface area contributed by atoms with Crippen LogP contribution in [0.25, 0.3) is 21.8 Å². The highest BCUT2D eigenvalue weighted by molar-refractivity contribution is 6.19. The number of carbonyl (C=O) groups excluding carboxylic acids is 1. The Hall–Kier alpha value is -3.34. The van der Waals surface area contributed by atoms with E-state index in [0.717, 1.165) is 5.56 Å². The lowest BCUT2D eigenvalue weighted by Gasteiger charge is -2.07. The monoisotopic (exact) mass is 349 g/mol. The number of halogens is 1. The number of esters is 1. The Morgan fingerprint density at radius 3 is 2.62 bits per heavy atom. The summed E-state index contributed by atoms with van der Waals surface area (Å²) in [6.45, 7) is 0. The molecule has 4 nitrogen and oxygen atoms in total. The molecule has 1 aromatic heterocycles. The predicted octanol–water partition coefficient (Wildman–Crippen LogP) is 4.54. The van der Waals surface area contributed by atoms with Gasteiger partial charge in [-0.05, 0) is 35.4 Å². The molecule has 0 fully saturated rings. The highest BCUT2D eigenvalue weighted by Crippen LogP contribution is 2.37. The van der Waals surface area contributed by atoms with E-state index in [-0.39, 0.29) is 11.6 Å². The Kier molecular flexibility index (Phi) is 3.84. The van der Waals surface area contributed by atoms with Gasteiger partial charge in [0.25, 0.3) is 0 Å². The van der Waals surface area contributed by atoms with E-state index in [4.69, 9.17) is 4.74 Å². The number of methoxy groups -OCH3 is 1. The Labute approximate surface area is 148 Å². The highest BCUT2D eigenvalue weighted by Gasteiger charge is 2.19. The number of H-pyrrole nitrogens is 1. The van der Waals surface area contributed by atoms with E-state index < -0.39 is 5.97 Å². The number of nitrogens with one attached hydrogen (secondary N) is 1. The molecular formula is C21H16FNO3. The first-order chi connectivity index (χ1) is 12.6. The summed E-state index contributed by atoms with van der Waals surface area (Å²) in [5, 5.41) is 11.6. The van der Waals surface area contributed by atoms with Crippen molar-refractivity contribution in [2.75, 3.05) is 7.11 Å². The molecule has 0 aliphatic heterocycles. The van der Waals surface area contributed by atoms with Gasteiger partial charge in [0, 0.05) is 17.3 Å². The zero-order chi connectivity index (χ0) is 18.3. The van der Waals surface area contributed by atoms with E-state index in [1.165, 1.54) is 13.2 Å². The second-order valence-electron chi connectivity index (χ2n) is 6.11. The van der Waals surface area contributed by atoms with Crippen molar-refractivity contribution in [3.8, 4) is 5.75 Å². The summed E-state index contributed by atoms with van der Waals surface area (Å²) >= 11 is 0. The molecule has 0 atom stereocenters. The van der Waals surface area contributed by atoms with E-state index >= 15 is 0 Å². The number of hydrogen-bond donors (Lipinski definition) is 2. The molecule has 1 heterocycles. The zero-order valence-corrected chi connectivity index (χ0v) is 14.0. The fourth-order valence-electron chi connectivity index (χ4n) is 3.37. The van der Waals surface area contributed by atoms with Gasteiger partial charge in [0.2, 0.25) is 0 Å². The molecule has 4 aromatic rings. The van der Waals surface area contributed by atoms with Crippen LogP contribution in [0.2, 0.25) is 0 Å². The molecule has 0 aliphatic rings. The minimum absolute atomic E-state index is 0.0555. The summed E-state index contributed by atoms with van der Waals surface area (Å²) in [4.78, 5) is 15.4. The van der Waals surface area contributed by atoms with Crippen LogP contribution in [0.3, 0.4) is 0 Å². The largest absolute Gasteiger partial charge is 0.507 e. The van der Waals surface area contributed by atoms with Crippen molar-refractivity contribution in [1.29, 1.82) is 0 Å². The van der Waals surface area contributed by atoms with Crippen molar-refractivity contribution >= 4 is 27.8 Å². The van der Waals surface area contributed by atoms with Gasteiger partial charge in [-0.25, -0.2) is 9.18 Å². The number of aromatic nitrogens is 1. The standard InChI is InChI=1S/C21H16FNO3/c1-26-21(25)14-6-4-8-16-18(14)19-17(24)10-9-13(20(19)23-16)11-12-5-2-3-7-15(12)22/h2-10,23-24H,11H2,1H3. The van der Waals surface area contributed by atoms with Crippen LogP contribution in [0.15, 0.2) is 54.6 Å². The minimum atomic E-state index is -0.476. The highest BCUT2D eigenvalue weighted by atomic mass is 19.1. The molecule has 0 saturated carbocycles. The van der Waals surface area contributed by atoms with Gasteiger partial charge in [-0.2, -0.15) is 0 Å². The van der Waals surface area contributed by atoms with Gasteiger partial charge >= 0.3 is 5.97 Å². The van der Waals surface area contributed by atoms with E-state index in [1.807, 2.05) is 6.07 Å². The smallest absolute Gasteiger partial charge is 0.338 e. The SMILES string of the molecule is COC(=O)c1cccc2[nH]c3c(Cc4ccccc4F)ccc(O)c3c12. The van der Waals surface area contributed by atoms with Gasteiger partial charge in [-0.3, -0.25) is 0 Å². The average Bonchev–Trinajstić information content (AvgIpc) is 3.05. The summed E-state index contributed by atoms with van der Waals surface area (Å²) in [7, 11) is 1.32. The van der Waals surface area contributed by atoms with Crippen LogP contribution in [0, 0.1) is 5.82 Å². The second-order valence-corrected chi connectivity index (χ2v) is 6.11. The molecule has 0 spiro atoms. The number of carbonyl (C=O) groups is 1. The van der Waals surface area contributed by atoms with Crippen molar-refractivity contribution < 1.29 is 19.0 Å². The summed E-state index contributed by atoms with van der Waals surface area (Å²) < 4.78 is 18.9. The molecular weight excluding hydrogens is 333 g/mol. The molecule has 2 N–H and O–H groups in total. The van der Waals surface area contributed by atoms with Gasteiger partial charge in [0.15, 0.2) is 0 Å². The molecule has 0 unspecified atom stereocenters. The van der Waals surface area contributed by atoms with Gasteiger partial charge < -0.3 is 14.8 Å². The molecule has 26 heavy (non-hydrogen) atoms. The fraction of sp³-hybridized carbons (Fsp3) is 0.0952. The number of aromatic amines is 1. The quantitative estimate of drug-likeness (QED) is 0.534. The first-order valence-corrected chi connectivity index (χ1v) is 8.17. The number of benzene rings is 3. The lowest BCUT2D eigenvalue weighted by atomic mass is 9.99. The zero-order valence-electron chi connectivity index (χ0n) is 14.0. The summed E-state index contributed by atoms with van der Waals surface area (Å²) in [6.07, 6.45) is 0.365. The number of rotatable bonds is 3. The van der Waals surface area contributed by atoms with Crippen LogP contribution in [-0.2, 0) is 11.2 Å². The maximum absolute atomic E-state index is 14.1. The van der Waals surface area contributed by atoms with E-state index in [2.05, 4.69) is 4.98 Å². The van der Waals surface area contributed by atoms with Crippen LogP contribution in [0.1, 0.15) is 21.5 Å². The van der Waals surface area contributed by atoms with Crippen molar-refractivity contribution in [2.45, 2.75) is 6.42 Å². The minimum Gasteiger partial charge on any atom is -0.507 e. The van der Waals surface area contributed by atoms with Crippen LogP contribution in [0.4, 0.5) is 4.39 Å². The molecule has 0 aliphatic carbocycles. The predicted molar refractivity (Wildman–Crippen MR) is 98.0 cm³/mol. The van der Waals surface area contributed by atoms with Gasteiger partial charge in [-0.15, -0.1) is 0 Å². The first-order valence-electron chi connectivity index (χ1n) is 8.17. The Balaban J connectivity index is 1.99. The number of hydrogen-bond acceptors (Lipinski definition) is 3. The Morgan fingerprint density at radius 1 is 1.04 bits per heavy atom. The van der Waals surface area contributed by atoms with Crippen molar-refractivity contribution in [1.82, 2.24) is 4.98 Å². The van der Waals surface area contributed by atoms with Crippen molar-refractivity contribution in [3.05, 3.63) is 77.1 Å². The molecule has 130 valence electrons. The molecule has 3 aromatic carbocycles. The third kappa shape index (κ3) is 2.49. The maximum Gasteiger partial charge on any atom is 0.338 e. The van der Waals surface area contributed by atoms with Gasteiger partial charge in [-0.1, -0.05) is 30.3 Å². The maximum atomic E-state index is 14.1. The van der Waals surface area contributed by atoms with Gasteiger partial charge in [0.05, 0.1) is 23.6 Å². The Morgan fingerprint density at radius 2 is 1.85 bits per heavy atom. The number of fused-ring (bicyclic) bond motifs is 3. The van der Waals surface area contributed by atoms with E-state index in [1.54, 1.807) is 42.5 Å². The average molecular weight is 349 g/mol. The lowest BCUT2D eigenvalue weighted by Crippen LogP contribution is -2.01. The normalized spacial score (nSPS) is 11.2. The summed E-state index contributed by atoms with van der Waals surface area (Å²) in [5.74, 6) is -0.699. The molecule has 0 radical (unpaired) electrons. The number of ether oxygens (including phenoxy) is 1. The summed E-state index contributed by atoms with van der Waals surface area (Å²) in [5.41, 5.74) is 3.15. The van der Waals surface area contributed by atoms with E-state index in [9.17, 15) is 14.3 Å². The van der Waals surface area contributed by atoms with Crippen LogP contribution < -0.4 is 0 Å². The van der Waals surface area contributed by atoms with E-state index in [0.29, 0.717) is 39.4 Å². The van der Waals surface area contributed by atoms with Crippen molar-refractivity contribution in [2.24, 2.45) is 0 Å². The number of aromatic hydroxyl groups is 1. The Bertz CT molecular complexity index is 1150. The number of phenolic OH excluding ortho intramolecular Hbond substituents is 1. The van der Waals surface area contributed by atoms with Crippen LogP contribution in [0.5, 0.6) is 5.75 Å². The fourth-order valence-corrected chi connectivity index (χ4v) is 3.37. The lowest BCUT2D eigenvalue weighted by molar-refractivity contribution is 0.0603. The molecule has 0 saturated heterocycles. The van der Waals surface area contributed by atoms with Crippen molar-refractivity contribution in [3.63, 3.8) is 0 Å². The third-order valence-electron chi connectivity index (χ3n) is 4.59. The topological polar surface area (TPSA) is 62.3 Å². The molecule has 0 amide bonds. The second kappa shape index (κ2) is 6.19. The first kappa shape index (κ1) is 16.1. The number of phenols is 1. The molecule has 5 heteroatoms.